The van der Waals surface area contributed by atoms with Gasteiger partial charge in [-0.1, -0.05) is 70.5 Å². The lowest BCUT2D eigenvalue weighted by Crippen LogP contribution is -2.29. The summed E-state index contributed by atoms with van der Waals surface area (Å²) in [7, 11) is 0. The molecule has 0 fully saturated rings. The molecule has 7 nitrogen and oxygen atoms in total. The molecule has 1 aliphatic rings. The van der Waals surface area contributed by atoms with E-state index in [0.717, 1.165) is 9.37 Å². The maximum Gasteiger partial charge on any atom is 0.339 e. The highest BCUT2D eigenvalue weighted by molar-refractivity contribution is 9.10. The second kappa shape index (κ2) is 10.3. The number of rotatable bonds is 6. The van der Waals surface area contributed by atoms with Crippen LogP contribution in [0.25, 0.3) is 22.2 Å². The zero-order chi connectivity index (χ0) is 27.8. The number of para-hydroxylation sites is 1. The Morgan fingerprint density at radius 1 is 0.775 bits per heavy atom. The fourth-order valence-electron chi connectivity index (χ4n) is 4.63. The first-order valence-electron chi connectivity index (χ1n) is 12.3. The van der Waals surface area contributed by atoms with Gasteiger partial charge < -0.3 is 4.74 Å². The number of pyridine rings is 1. The maximum absolute atomic E-state index is 13.1. The van der Waals surface area contributed by atoms with Crippen LogP contribution in [0, 0.1) is 0 Å². The van der Waals surface area contributed by atoms with Crippen molar-refractivity contribution in [1.29, 1.82) is 0 Å². The number of Topliss-reactive ketones (excluding diaryl/α,β-unsaturated/α-hetero) is 1. The van der Waals surface area contributed by atoms with E-state index < -0.39 is 12.6 Å². The number of carbonyl (C=O) groups excluding carboxylic acids is 4. The van der Waals surface area contributed by atoms with Crippen molar-refractivity contribution in [2.45, 2.75) is 0 Å². The molecule has 1 aromatic heterocycles. The van der Waals surface area contributed by atoms with E-state index in [9.17, 15) is 19.2 Å². The molecule has 4 aromatic carbocycles. The molecule has 1 aliphatic heterocycles. The smallest absolute Gasteiger partial charge is 0.339 e. The zero-order valence-electron chi connectivity index (χ0n) is 20.8. The van der Waals surface area contributed by atoms with Crippen LogP contribution >= 0.6 is 15.9 Å². The minimum absolute atomic E-state index is 0.272. The molecule has 194 valence electrons. The maximum atomic E-state index is 13.1. The van der Waals surface area contributed by atoms with Gasteiger partial charge in [-0.05, 0) is 48.5 Å². The van der Waals surface area contributed by atoms with Gasteiger partial charge in [0.05, 0.1) is 33.6 Å². The predicted molar refractivity (Wildman–Crippen MR) is 154 cm³/mol. The van der Waals surface area contributed by atoms with Gasteiger partial charge >= 0.3 is 5.97 Å². The van der Waals surface area contributed by atoms with E-state index >= 15 is 0 Å². The largest absolute Gasteiger partial charge is 0.454 e. The molecule has 0 spiro atoms. The first-order chi connectivity index (χ1) is 19.4. The van der Waals surface area contributed by atoms with E-state index in [1.165, 1.54) is 0 Å². The average Bonchev–Trinajstić information content (AvgIpc) is 3.25. The zero-order valence-corrected chi connectivity index (χ0v) is 22.4. The first kappa shape index (κ1) is 25.3. The van der Waals surface area contributed by atoms with Gasteiger partial charge in [0.2, 0.25) is 0 Å². The van der Waals surface area contributed by atoms with E-state index in [0.29, 0.717) is 44.5 Å². The van der Waals surface area contributed by atoms with Crippen LogP contribution in [0.5, 0.6) is 0 Å². The SMILES string of the molecule is O=C(COC(=O)c1cc(-c2ccc(N3C(=O)c4ccccc4C3=O)cc2)nc2ccccc12)c1ccc(Br)cc1. The Bertz CT molecular complexity index is 1800. The Morgan fingerprint density at radius 2 is 1.40 bits per heavy atom. The van der Waals surface area contributed by atoms with Crippen molar-refractivity contribution in [3.8, 4) is 11.3 Å². The molecule has 5 aromatic rings. The van der Waals surface area contributed by atoms with Crippen LogP contribution in [-0.4, -0.2) is 35.2 Å². The van der Waals surface area contributed by atoms with Gasteiger partial charge in [0, 0.05) is 21.0 Å². The number of anilines is 1. The fourth-order valence-corrected chi connectivity index (χ4v) is 4.89. The Hall–Kier alpha value is -4.95. The number of hydrogen-bond acceptors (Lipinski definition) is 6. The summed E-state index contributed by atoms with van der Waals surface area (Å²) in [6.45, 7) is -0.401. The second-order valence-electron chi connectivity index (χ2n) is 9.12. The van der Waals surface area contributed by atoms with Gasteiger partial charge in [-0.15, -0.1) is 0 Å². The molecule has 0 unspecified atom stereocenters. The van der Waals surface area contributed by atoms with Gasteiger partial charge in [0.1, 0.15) is 0 Å². The molecular formula is C32H19BrN2O5. The van der Waals surface area contributed by atoms with Crippen molar-refractivity contribution in [1.82, 2.24) is 4.98 Å². The number of fused-ring (bicyclic) bond motifs is 2. The first-order valence-corrected chi connectivity index (χ1v) is 13.1. The van der Waals surface area contributed by atoms with Crippen LogP contribution < -0.4 is 4.90 Å². The van der Waals surface area contributed by atoms with Crippen molar-refractivity contribution in [2.24, 2.45) is 0 Å². The van der Waals surface area contributed by atoms with E-state index in [1.54, 1.807) is 97.1 Å². The summed E-state index contributed by atoms with van der Waals surface area (Å²) in [5.41, 5.74) is 3.63. The summed E-state index contributed by atoms with van der Waals surface area (Å²) < 4.78 is 6.25. The Morgan fingerprint density at radius 3 is 2.08 bits per heavy atom. The third-order valence-electron chi connectivity index (χ3n) is 6.65. The molecule has 8 heteroatoms. The monoisotopic (exact) mass is 590 g/mol. The number of ketones is 1. The highest BCUT2D eigenvalue weighted by Crippen LogP contribution is 2.31. The lowest BCUT2D eigenvalue weighted by molar-refractivity contribution is 0.0476. The Balaban J connectivity index is 1.27. The number of aromatic nitrogens is 1. The van der Waals surface area contributed by atoms with E-state index in [2.05, 4.69) is 15.9 Å². The number of carbonyl (C=O) groups is 4. The summed E-state index contributed by atoms with van der Waals surface area (Å²) in [6, 6.07) is 29.1. The molecule has 0 N–H and O–H groups in total. The summed E-state index contributed by atoms with van der Waals surface area (Å²) in [4.78, 5) is 57.3. The number of nitrogens with zero attached hydrogens (tertiary/aromatic N) is 2. The van der Waals surface area contributed by atoms with Crippen molar-refractivity contribution in [2.75, 3.05) is 11.5 Å². The highest BCUT2D eigenvalue weighted by atomic mass is 79.9. The predicted octanol–water partition coefficient (Wildman–Crippen LogP) is 6.50. The number of ether oxygens (including phenoxy) is 1. The van der Waals surface area contributed by atoms with Crippen LogP contribution in [0.3, 0.4) is 0 Å². The van der Waals surface area contributed by atoms with Gasteiger partial charge in [0.15, 0.2) is 12.4 Å². The minimum atomic E-state index is -0.645. The standard InChI is InChI=1S/C32H19BrN2O5/c33-21-13-9-20(10-14-21)29(36)18-40-32(39)26-17-28(34-27-8-4-3-5-23(26)27)19-11-15-22(16-12-19)35-30(37)24-6-1-2-7-25(24)31(35)38/h1-17H,18H2. The normalized spacial score (nSPS) is 12.5. The molecule has 0 saturated carbocycles. The third-order valence-corrected chi connectivity index (χ3v) is 7.18. The molecule has 0 bridgehead atoms. The van der Waals surface area contributed by atoms with E-state index in [1.807, 2.05) is 6.07 Å². The Kier molecular flexibility index (Phi) is 6.53. The van der Waals surface area contributed by atoms with E-state index in [4.69, 9.17) is 9.72 Å². The summed E-state index contributed by atoms with van der Waals surface area (Å²) in [5, 5.41) is 0.593. The van der Waals surface area contributed by atoms with Crippen LogP contribution in [-0.2, 0) is 4.74 Å². The van der Waals surface area contributed by atoms with Crippen LogP contribution in [0.2, 0.25) is 0 Å². The molecule has 40 heavy (non-hydrogen) atoms. The lowest BCUT2D eigenvalue weighted by Gasteiger charge is -2.15. The fraction of sp³-hybridized carbons (Fsp3) is 0.0312. The molecule has 2 amide bonds. The summed E-state index contributed by atoms with van der Waals surface area (Å²) >= 11 is 3.33. The number of benzene rings is 4. The molecule has 0 aliphatic carbocycles. The van der Waals surface area contributed by atoms with Gasteiger partial charge in [-0.2, -0.15) is 0 Å². The van der Waals surface area contributed by atoms with Gasteiger partial charge in [-0.3, -0.25) is 14.4 Å². The second-order valence-corrected chi connectivity index (χ2v) is 10.0. The highest BCUT2D eigenvalue weighted by Gasteiger charge is 2.36. The number of halogens is 1. The van der Waals surface area contributed by atoms with Crippen LogP contribution in [0.15, 0.2) is 108 Å². The lowest BCUT2D eigenvalue weighted by atomic mass is 10.0. The van der Waals surface area contributed by atoms with Crippen LogP contribution in [0.1, 0.15) is 41.4 Å². The van der Waals surface area contributed by atoms with Crippen molar-refractivity contribution < 1.29 is 23.9 Å². The van der Waals surface area contributed by atoms with Gasteiger partial charge in [0.25, 0.3) is 11.8 Å². The molecule has 0 radical (unpaired) electrons. The Labute approximate surface area is 237 Å². The van der Waals surface area contributed by atoms with Crippen molar-refractivity contribution in [3.05, 3.63) is 130 Å². The molecule has 6 rings (SSSR count). The quantitative estimate of drug-likeness (QED) is 0.127. The average molecular weight is 591 g/mol. The number of amides is 2. The van der Waals surface area contributed by atoms with Crippen molar-refractivity contribution >= 4 is 56.1 Å². The topological polar surface area (TPSA) is 93.6 Å². The summed E-state index contributed by atoms with van der Waals surface area (Å²) in [6.07, 6.45) is 0. The minimum Gasteiger partial charge on any atom is -0.454 e. The van der Waals surface area contributed by atoms with Crippen LogP contribution in [0.4, 0.5) is 5.69 Å². The van der Waals surface area contributed by atoms with E-state index in [-0.39, 0.29) is 23.2 Å². The molecule has 0 atom stereocenters. The molecule has 2 heterocycles. The number of hydrogen-bond donors (Lipinski definition) is 0. The number of esters is 1. The van der Waals surface area contributed by atoms with Crippen molar-refractivity contribution in [3.63, 3.8) is 0 Å². The van der Waals surface area contributed by atoms with Gasteiger partial charge in [-0.25, -0.2) is 14.7 Å². The number of imide groups is 1. The summed E-state index contributed by atoms with van der Waals surface area (Å²) in [5.74, 6) is -1.71. The third kappa shape index (κ3) is 4.58. The molecular weight excluding hydrogens is 572 g/mol. The molecule has 0 saturated heterocycles.